The van der Waals surface area contributed by atoms with Crippen molar-refractivity contribution in [3.63, 3.8) is 0 Å². The Balaban J connectivity index is 4.24. The lowest BCUT2D eigenvalue weighted by Gasteiger charge is -2.26. The van der Waals surface area contributed by atoms with Crippen LogP contribution in [0.5, 0.6) is 0 Å². The van der Waals surface area contributed by atoms with Crippen molar-refractivity contribution in [1.82, 2.24) is 5.32 Å². The maximum absolute atomic E-state index is 11.5. The van der Waals surface area contributed by atoms with Gasteiger partial charge in [0.1, 0.15) is 11.9 Å². The second-order valence-electron chi connectivity index (χ2n) is 6.23. The number of amides is 1. The molecule has 0 heterocycles. The standard InChI is InChI=1S/C13H25NO3/c1-10(2)7-13(6,9-15)8-14-11(16)17-12(3,4)5/h9-10H,7-8H2,1-6H3,(H,14,16). The van der Waals surface area contributed by atoms with Gasteiger partial charge in [-0.05, 0) is 33.1 Å². The molecule has 100 valence electrons. The van der Waals surface area contributed by atoms with E-state index >= 15 is 0 Å². The van der Waals surface area contributed by atoms with Crippen LogP contribution in [0.15, 0.2) is 0 Å². The topological polar surface area (TPSA) is 55.4 Å². The molecule has 0 spiro atoms. The van der Waals surface area contributed by atoms with Gasteiger partial charge in [0.15, 0.2) is 0 Å². The Labute approximate surface area is 104 Å². The zero-order chi connectivity index (χ0) is 13.7. The maximum Gasteiger partial charge on any atom is 0.407 e. The Hall–Kier alpha value is -1.06. The summed E-state index contributed by atoms with van der Waals surface area (Å²) < 4.78 is 5.12. The lowest BCUT2D eigenvalue weighted by molar-refractivity contribution is -0.116. The molecule has 0 aliphatic heterocycles. The van der Waals surface area contributed by atoms with E-state index in [4.69, 9.17) is 4.74 Å². The van der Waals surface area contributed by atoms with Crippen LogP contribution in [0.2, 0.25) is 0 Å². The zero-order valence-electron chi connectivity index (χ0n) is 11.8. The fraction of sp³-hybridized carbons (Fsp3) is 0.846. The summed E-state index contributed by atoms with van der Waals surface area (Å²) in [6.45, 7) is 11.7. The highest BCUT2D eigenvalue weighted by Gasteiger charge is 2.26. The zero-order valence-corrected chi connectivity index (χ0v) is 11.8. The largest absolute Gasteiger partial charge is 0.444 e. The molecular weight excluding hydrogens is 218 g/mol. The van der Waals surface area contributed by atoms with E-state index < -0.39 is 17.1 Å². The van der Waals surface area contributed by atoms with Crippen molar-refractivity contribution in [2.75, 3.05) is 6.54 Å². The molecule has 0 aromatic carbocycles. The number of carbonyl (C=O) groups is 2. The Morgan fingerprint density at radius 1 is 1.29 bits per heavy atom. The number of ether oxygens (including phenoxy) is 1. The lowest BCUT2D eigenvalue weighted by atomic mass is 9.83. The molecule has 0 aromatic heterocycles. The Bertz CT molecular complexity index is 268. The third kappa shape index (κ3) is 7.77. The predicted octanol–water partition coefficient (Wildman–Crippen LogP) is 2.76. The van der Waals surface area contributed by atoms with Gasteiger partial charge in [-0.25, -0.2) is 4.79 Å². The summed E-state index contributed by atoms with van der Waals surface area (Å²) in [5.74, 6) is 0.408. The van der Waals surface area contributed by atoms with Crippen LogP contribution >= 0.6 is 0 Å². The molecule has 0 rings (SSSR count). The molecule has 1 unspecified atom stereocenters. The van der Waals surface area contributed by atoms with E-state index in [1.165, 1.54) is 0 Å². The van der Waals surface area contributed by atoms with Crippen molar-refractivity contribution in [3.05, 3.63) is 0 Å². The minimum Gasteiger partial charge on any atom is -0.444 e. The fourth-order valence-corrected chi connectivity index (χ4v) is 1.68. The van der Waals surface area contributed by atoms with Crippen molar-refractivity contribution >= 4 is 12.4 Å². The average Bonchev–Trinajstić information content (AvgIpc) is 2.11. The Morgan fingerprint density at radius 3 is 2.18 bits per heavy atom. The van der Waals surface area contributed by atoms with E-state index in [9.17, 15) is 9.59 Å². The monoisotopic (exact) mass is 243 g/mol. The molecular formula is C13H25NO3. The van der Waals surface area contributed by atoms with Gasteiger partial charge in [0, 0.05) is 12.0 Å². The predicted molar refractivity (Wildman–Crippen MR) is 67.9 cm³/mol. The van der Waals surface area contributed by atoms with Gasteiger partial charge in [-0.2, -0.15) is 0 Å². The smallest absolute Gasteiger partial charge is 0.407 e. The summed E-state index contributed by atoms with van der Waals surface area (Å²) in [6, 6.07) is 0. The molecule has 1 amide bonds. The summed E-state index contributed by atoms with van der Waals surface area (Å²) in [5.41, 5.74) is -1.04. The van der Waals surface area contributed by atoms with Gasteiger partial charge in [-0.15, -0.1) is 0 Å². The van der Waals surface area contributed by atoms with Gasteiger partial charge in [0.05, 0.1) is 0 Å². The summed E-state index contributed by atoms with van der Waals surface area (Å²) in [6.07, 6.45) is 1.17. The van der Waals surface area contributed by atoms with E-state index in [1.807, 2.05) is 6.92 Å². The first-order valence-corrected chi connectivity index (χ1v) is 6.01. The highest BCUT2D eigenvalue weighted by atomic mass is 16.6. The van der Waals surface area contributed by atoms with E-state index in [2.05, 4.69) is 19.2 Å². The van der Waals surface area contributed by atoms with Gasteiger partial charge < -0.3 is 14.8 Å². The molecule has 0 saturated carbocycles. The molecule has 17 heavy (non-hydrogen) atoms. The van der Waals surface area contributed by atoms with Crippen LogP contribution in [-0.2, 0) is 9.53 Å². The average molecular weight is 243 g/mol. The van der Waals surface area contributed by atoms with Gasteiger partial charge in [-0.1, -0.05) is 20.8 Å². The van der Waals surface area contributed by atoms with Crippen LogP contribution in [0.1, 0.15) is 48.0 Å². The molecule has 0 fully saturated rings. The number of hydrogen-bond acceptors (Lipinski definition) is 3. The van der Waals surface area contributed by atoms with E-state index in [0.717, 1.165) is 12.7 Å². The molecule has 0 radical (unpaired) electrons. The molecule has 0 saturated heterocycles. The Morgan fingerprint density at radius 2 is 1.82 bits per heavy atom. The quantitative estimate of drug-likeness (QED) is 0.755. The summed E-state index contributed by atoms with van der Waals surface area (Å²) in [4.78, 5) is 22.5. The molecule has 0 aliphatic rings. The highest BCUT2D eigenvalue weighted by molar-refractivity contribution is 5.69. The van der Waals surface area contributed by atoms with Gasteiger partial charge in [-0.3, -0.25) is 0 Å². The van der Waals surface area contributed by atoms with Gasteiger partial charge in [0.25, 0.3) is 0 Å². The summed E-state index contributed by atoms with van der Waals surface area (Å²) >= 11 is 0. The van der Waals surface area contributed by atoms with Crippen molar-refractivity contribution in [2.24, 2.45) is 11.3 Å². The van der Waals surface area contributed by atoms with Crippen LogP contribution in [-0.4, -0.2) is 24.5 Å². The van der Waals surface area contributed by atoms with Crippen LogP contribution in [0.3, 0.4) is 0 Å². The molecule has 0 aliphatic carbocycles. The number of alkyl carbamates (subject to hydrolysis) is 1. The molecule has 4 heteroatoms. The van der Waals surface area contributed by atoms with Crippen molar-refractivity contribution in [2.45, 2.75) is 53.6 Å². The maximum atomic E-state index is 11.5. The van der Waals surface area contributed by atoms with Gasteiger partial charge >= 0.3 is 6.09 Å². The molecule has 4 nitrogen and oxygen atoms in total. The molecule has 1 atom stereocenters. The van der Waals surface area contributed by atoms with Crippen LogP contribution in [0, 0.1) is 11.3 Å². The van der Waals surface area contributed by atoms with Gasteiger partial charge in [0.2, 0.25) is 0 Å². The van der Waals surface area contributed by atoms with Crippen LogP contribution < -0.4 is 5.32 Å². The Kier molecular flexibility index (Phi) is 5.66. The lowest BCUT2D eigenvalue weighted by Crippen LogP contribution is -2.40. The SMILES string of the molecule is CC(C)CC(C)(C=O)CNC(=O)OC(C)(C)C. The molecule has 0 aromatic rings. The second-order valence-corrected chi connectivity index (χ2v) is 6.23. The number of aldehydes is 1. The molecule has 0 bridgehead atoms. The fourth-order valence-electron chi connectivity index (χ4n) is 1.68. The highest BCUT2D eigenvalue weighted by Crippen LogP contribution is 2.22. The van der Waals surface area contributed by atoms with Crippen LogP contribution in [0.25, 0.3) is 0 Å². The van der Waals surface area contributed by atoms with Crippen molar-refractivity contribution in [3.8, 4) is 0 Å². The third-order valence-corrected chi connectivity index (χ3v) is 2.19. The van der Waals surface area contributed by atoms with E-state index in [-0.39, 0.29) is 0 Å². The normalized spacial score (nSPS) is 15.2. The number of rotatable bonds is 5. The minimum absolute atomic E-state index is 0.309. The first-order chi connectivity index (χ1) is 7.58. The second kappa shape index (κ2) is 6.03. The summed E-state index contributed by atoms with van der Waals surface area (Å²) in [7, 11) is 0. The van der Waals surface area contributed by atoms with Crippen molar-refractivity contribution in [1.29, 1.82) is 0 Å². The third-order valence-electron chi connectivity index (χ3n) is 2.19. The minimum atomic E-state index is -0.523. The van der Waals surface area contributed by atoms with E-state index in [1.54, 1.807) is 20.8 Å². The molecule has 1 N–H and O–H groups in total. The van der Waals surface area contributed by atoms with E-state index in [0.29, 0.717) is 12.5 Å². The number of carbonyl (C=O) groups excluding carboxylic acids is 2. The first-order valence-electron chi connectivity index (χ1n) is 6.01. The number of nitrogens with one attached hydrogen (secondary N) is 1. The first kappa shape index (κ1) is 15.9. The number of hydrogen-bond donors (Lipinski definition) is 1. The van der Waals surface area contributed by atoms with Crippen LogP contribution in [0.4, 0.5) is 4.79 Å². The summed E-state index contributed by atoms with van der Waals surface area (Å²) in [5, 5.41) is 2.64. The van der Waals surface area contributed by atoms with Crippen molar-refractivity contribution < 1.29 is 14.3 Å².